The molecule has 225 valence electrons. The third kappa shape index (κ3) is 6.79. The third-order valence-corrected chi connectivity index (χ3v) is 10.2. The van der Waals surface area contributed by atoms with E-state index in [-0.39, 0.29) is 12.0 Å². The molecule has 1 aliphatic rings. The van der Waals surface area contributed by atoms with Crippen LogP contribution in [0, 0.1) is 0 Å². The maximum Gasteiger partial charge on any atom is 0.419 e. The number of fused-ring (bicyclic) bond motifs is 1. The number of amides is 1. The van der Waals surface area contributed by atoms with E-state index in [1.165, 1.54) is 11.1 Å². The Morgan fingerprint density at radius 3 is 1.69 bits per heavy atom. The number of benzene rings is 5. The van der Waals surface area contributed by atoms with Crippen LogP contribution in [0.2, 0.25) is 0 Å². The minimum absolute atomic E-state index is 0.0149. The van der Waals surface area contributed by atoms with Gasteiger partial charge in [-0.3, -0.25) is 0 Å². The zero-order chi connectivity index (χ0) is 31.2. The van der Waals surface area contributed by atoms with Crippen molar-refractivity contribution >= 4 is 42.6 Å². The molecule has 0 fully saturated rings. The van der Waals surface area contributed by atoms with Gasteiger partial charge in [0.25, 0.3) is 0 Å². The van der Waals surface area contributed by atoms with Gasteiger partial charge in [0.15, 0.2) is 0 Å². The molecule has 1 amide bonds. The summed E-state index contributed by atoms with van der Waals surface area (Å²) < 4.78 is 13.4. The van der Waals surface area contributed by atoms with Crippen molar-refractivity contribution in [3.63, 3.8) is 0 Å². The summed E-state index contributed by atoms with van der Waals surface area (Å²) in [5, 5.41) is 2.33. The molecule has 45 heavy (non-hydrogen) atoms. The first-order valence-electron chi connectivity index (χ1n) is 15.5. The molecule has 5 heteroatoms. The second-order valence-electron chi connectivity index (χ2n) is 12.2. The van der Waals surface area contributed by atoms with E-state index in [1.807, 2.05) is 72.8 Å². The second-order valence-corrected chi connectivity index (χ2v) is 14.3. The Labute approximate surface area is 268 Å². The number of nitrogens with zero attached hydrogens (tertiary/aromatic N) is 1. The summed E-state index contributed by atoms with van der Waals surface area (Å²) in [5.74, 6) is 0.836. The molecule has 6 rings (SSSR count). The fraction of sp³-hybridized carbons (Fsp3) is 0.175. The molecular formula is C40H38NO3Si. The smallest absolute Gasteiger partial charge is 0.419 e. The van der Waals surface area contributed by atoms with Crippen molar-refractivity contribution < 1.29 is 14.0 Å². The van der Waals surface area contributed by atoms with Gasteiger partial charge >= 0.3 is 15.1 Å². The summed E-state index contributed by atoms with van der Waals surface area (Å²) in [6, 6.07) is 46.7. The Hall–Kier alpha value is -4.87. The van der Waals surface area contributed by atoms with Gasteiger partial charge in [-0.25, -0.2) is 9.69 Å². The molecule has 0 atom stereocenters. The summed E-state index contributed by atoms with van der Waals surface area (Å²) in [6.45, 7) is 6.92. The maximum absolute atomic E-state index is 13.8. The first-order chi connectivity index (χ1) is 21.9. The van der Waals surface area contributed by atoms with E-state index >= 15 is 0 Å². The zero-order valence-electron chi connectivity index (χ0n) is 26.1. The Bertz CT molecular complexity index is 1690. The highest BCUT2D eigenvalue weighted by molar-refractivity contribution is 6.80. The molecular weight excluding hydrogens is 571 g/mol. The molecule has 0 aromatic heterocycles. The lowest BCUT2D eigenvalue weighted by atomic mass is 9.78. The lowest BCUT2D eigenvalue weighted by Gasteiger charge is -2.32. The Morgan fingerprint density at radius 1 is 0.667 bits per heavy atom. The molecule has 0 spiro atoms. The average molecular weight is 609 g/mol. The van der Waals surface area contributed by atoms with Gasteiger partial charge in [-0.2, -0.15) is 0 Å². The number of rotatable bonds is 8. The highest BCUT2D eigenvalue weighted by Gasteiger charge is 2.31. The van der Waals surface area contributed by atoms with Crippen molar-refractivity contribution in [2.45, 2.75) is 39.0 Å². The highest BCUT2D eigenvalue weighted by Crippen LogP contribution is 2.39. The molecule has 0 unspecified atom stereocenters. The van der Waals surface area contributed by atoms with Crippen molar-refractivity contribution in [2.75, 3.05) is 11.5 Å². The number of hydrogen-bond donors (Lipinski definition) is 0. The van der Waals surface area contributed by atoms with E-state index in [9.17, 15) is 4.79 Å². The maximum atomic E-state index is 13.8. The van der Waals surface area contributed by atoms with E-state index in [0.717, 1.165) is 51.5 Å². The molecule has 0 heterocycles. The van der Waals surface area contributed by atoms with Crippen molar-refractivity contribution in [1.82, 2.24) is 0 Å². The van der Waals surface area contributed by atoms with E-state index in [2.05, 4.69) is 87.5 Å². The largest absolute Gasteiger partial charge is 0.532 e. The van der Waals surface area contributed by atoms with Crippen molar-refractivity contribution in [1.29, 1.82) is 0 Å². The van der Waals surface area contributed by atoms with Gasteiger partial charge < -0.3 is 9.16 Å². The van der Waals surface area contributed by atoms with E-state index in [1.54, 1.807) is 4.90 Å². The monoisotopic (exact) mass is 608 g/mol. The molecule has 0 bridgehead atoms. The predicted octanol–water partition coefficient (Wildman–Crippen LogP) is 8.44. The molecule has 1 radical (unpaired) electrons. The first-order valence-corrected chi connectivity index (χ1v) is 16.9. The van der Waals surface area contributed by atoms with Crippen LogP contribution in [0.1, 0.15) is 43.9 Å². The van der Waals surface area contributed by atoms with Gasteiger partial charge in [0.1, 0.15) is 12.4 Å². The summed E-state index contributed by atoms with van der Waals surface area (Å²) in [4.78, 5) is 15.5. The normalized spacial score (nSPS) is 12.9. The molecule has 5 aromatic rings. The van der Waals surface area contributed by atoms with Crippen LogP contribution in [-0.2, 0) is 21.0 Å². The average Bonchev–Trinajstić information content (AvgIpc) is 3.07. The van der Waals surface area contributed by atoms with Crippen LogP contribution in [-0.4, -0.2) is 21.7 Å². The fourth-order valence-electron chi connectivity index (χ4n) is 5.91. The van der Waals surface area contributed by atoms with Gasteiger partial charge in [-0.15, -0.1) is 0 Å². The molecule has 1 aliphatic carbocycles. The van der Waals surface area contributed by atoms with Gasteiger partial charge in [0, 0.05) is 11.1 Å². The third-order valence-electron chi connectivity index (χ3n) is 8.08. The topological polar surface area (TPSA) is 38.8 Å². The summed E-state index contributed by atoms with van der Waals surface area (Å²) in [5.41, 5.74) is 6.22. The summed E-state index contributed by atoms with van der Waals surface area (Å²) >= 11 is 0. The minimum atomic E-state index is -1.67. The summed E-state index contributed by atoms with van der Waals surface area (Å²) in [7, 11) is -1.67. The molecule has 0 aliphatic heterocycles. The van der Waals surface area contributed by atoms with E-state index in [0.29, 0.717) is 0 Å². The van der Waals surface area contributed by atoms with Gasteiger partial charge in [0.05, 0.1) is 11.4 Å². The molecule has 0 N–H and O–H groups in total. The summed E-state index contributed by atoms with van der Waals surface area (Å²) in [6.07, 6.45) is 1.19. The van der Waals surface area contributed by atoms with Gasteiger partial charge in [-0.05, 0) is 64.0 Å². The molecule has 0 saturated heterocycles. The van der Waals surface area contributed by atoms with Crippen LogP contribution in [0.25, 0.3) is 5.76 Å². The lowest BCUT2D eigenvalue weighted by molar-refractivity contribution is 0.165. The first kappa shape index (κ1) is 30.2. The fourth-order valence-corrected chi connectivity index (χ4v) is 7.93. The number of carbonyl (C=O) groups excluding carboxylic acids is 1. The van der Waals surface area contributed by atoms with Crippen molar-refractivity contribution in [3.05, 3.63) is 162 Å². The predicted molar refractivity (Wildman–Crippen MR) is 186 cm³/mol. The van der Waals surface area contributed by atoms with Crippen LogP contribution in [0.4, 0.5) is 16.2 Å². The van der Waals surface area contributed by atoms with Crippen LogP contribution in [0.5, 0.6) is 0 Å². The number of ether oxygens (including phenoxy) is 1. The number of para-hydroxylation sites is 2. The van der Waals surface area contributed by atoms with Crippen LogP contribution < -0.4 is 15.3 Å². The Balaban J connectivity index is 1.40. The number of carbonyl (C=O) groups is 1. The van der Waals surface area contributed by atoms with E-state index < -0.39 is 15.1 Å². The Morgan fingerprint density at radius 2 is 1.18 bits per heavy atom. The number of hydrogen-bond acceptors (Lipinski definition) is 3. The Kier molecular flexibility index (Phi) is 8.99. The number of anilines is 2. The van der Waals surface area contributed by atoms with Crippen molar-refractivity contribution in [2.24, 2.45) is 0 Å². The zero-order valence-corrected chi connectivity index (χ0v) is 27.1. The lowest BCUT2D eigenvalue weighted by Crippen LogP contribution is -2.45. The van der Waals surface area contributed by atoms with Gasteiger partial charge in [-0.1, -0.05) is 136 Å². The highest BCUT2D eigenvalue weighted by atomic mass is 28.3. The quantitative estimate of drug-likeness (QED) is 0.166. The SMILES string of the molecule is CC(C)(C)c1cccc2c1CCC(COC(=O)N(c1ccccc1)c1ccccc1)=C2O[Si](c1ccccc1)c1ccccc1. The molecule has 0 saturated carbocycles. The molecule has 5 aromatic carbocycles. The standard InChI is InChI=1S/C40H38NO3Si/c1-40(2,3)37-26-16-25-36-35(37)28-27-30(38(36)44-45(33-21-12-6-13-22-33)34-23-14-7-15-24-34)29-43-39(42)41(31-17-8-4-9-18-31)32-19-10-5-11-20-32/h4-26H,27-29H2,1-3H3. The second kappa shape index (κ2) is 13.4. The van der Waals surface area contributed by atoms with E-state index in [4.69, 9.17) is 9.16 Å². The van der Waals surface area contributed by atoms with Gasteiger partial charge in [0.2, 0.25) is 0 Å². The van der Waals surface area contributed by atoms with Crippen molar-refractivity contribution in [3.8, 4) is 0 Å². The van der Waals surface area contributed by atoms with Crippen LogP contribution in [0.15, 0.2) is 145 Å². The minimum Gasteiger partial charge on any atom is -0.532 e. The van der Waals surface area contributed by atoms with Crippen LogP contribution in [0.3, 0.4) is 0 Å². The van der Waals surface area contributed by atoms with Crippen LogP contribution >= 0.6 is 0 Å². The molecule has 4 nitrogen and oxygen atoms in total.